The number of hydrogen-bond donors (Lipinski definition) is 2. The lowest BCUT2D eigenvalue weighted by Crippen LogP contribution is -2.42. The molecule has 3 heteroatoms. The molecule has 2 N–H and O–H groups in total. The predicted molar refractivity (Wildman–Crippen MR) is 76.5 cm³/mol. The molecule has 0 radical (unpaired) electrons. The van der Waals surface area contributed by atoms with Gasteiger partial charge in [-0.2, -0.15) is 0 Å². The quantitative estimate of drug-likeness (QED) is 0.733. The number of carbonyl (C=O) groups is 1. The summed E-state index contributed by atoms with van der Waals surface area (Å²) < 4.78 is 0. The Morgan fingerprint density at radius 2 is 1.83 bits per heavy atom. The van der Waals surface area contributed by atoms with Crippen LogP contribution in [0.15, 0.2) is 0 Å². The van der Waals surface area contributed by atoms with E-state index in [0.29, 0.717) is 18.5 Å². The van der Waals surface area contributed by atoms with Crippen molar-refractivity contribution in [3.63, 3.8) is 0 Å². The zero-order valence-electron chi connectivity index (χ0n) is 12.3. The van der Waals surface area contributed by atoms with Crippen molar-refractivity contribution in [1.82, 2.24) is 10.6 Å². The molecule has 0 bridgehead atoms. The first kappa shape index (κ1) is 15.5. The fourth-order valence-electron chi connectivity index (χ4n) is 2.62. The maximum Gasteiger partial charge on any atom is 0.233 e. The van der Waals surface area contributed by atoms with Gasteiger partial charge in [-0.05, 0) is 38.0 Å². The van der Waals surface area contributed by atoms with Crippen LogP contribution in [0.1, 0.15) is 59.3 Å². The van der Waals surface area contributed by atoms with Crippen LogP contribution in [0.4, 0.5) is 0 Å². The molecule has 3 nitrogen and oxygen atoms in total. The fraction of sp³-hybridized carbons (Fsp3) is 0.933. The first-order valence-electron chi connectivity index (χ1n) is 7.59. The van der Waals surface area contributed by atoms with Crippen LogP contribution in [0.5, 0.6) is 0 Å². The highest BCUT2D eigenvalue weighted by Gasteiger charge is 2.19. The molecule has 18 heavy (non-hydrogen) atoms. The van der Waals surface area contributed by atoms with Crippen molar-refractivity contribution in [2.45, 2.75) is 65.3 Å². The molecule has 1 aliphatic carbocycles. The summed E-state index contributed by atoms with van der Waals surface area (Å²) in [6.45, 7) is 7.84. The molecule has 1 amide bonds. The molecule has 0 aliphatic heterocycles. The van der Waals surface area contributed by atoms with E-state index >= 15 is 0 Å². The molecule has 1 rings (SSSR count). The summed E-state index contributed by atoms with van der Waals surface area (Å²) in [5.74, 6) is 1.56. The summed E-state index contributed by atoms with van der Waals surface area (Å²) in [6.07, 6.45) is 7.81. The van der Waals surface area contributed by atoms with Gasteiger partial charge in [-0.25, -0.2) is 0 Å². The normalized spacial score (nSPS) is 18.9. The number of carbonyl (C=O) groups excluding carboxylic acids is 1. The molecule has 1 saturated carbocycles. The third kappa shape index (κ3) is 6.39. The van der Waals surface area contributed by atoms with Crippen LogP contribution in [0.2, 0.25) is 0 Å². The summed E-state index contributed by atoms with van der Waals surface area (Å²) in [5, 5.41) is 6.35. The predicted octanol–water partition coefficient (Wildman–Crippen LogP) is 2.71. The third-order valence-electron chi connectivity index (χ3n) is 3.99. The second kappa shape index (κ2) is 8.52. The Hall–Kier alpha value is -0.570. The van der Waals surface area contributed by atoms with Crippen LogP contribution in [-0.4, -0.2) is 25.0 Å². The highest BCUT2D eigenvalue weighted by atomic mass is 16.1. The van der Waals surface area contributed by atoms with Gasteiger partial charge in [-0.1, -0.05) is 33.1 Å². The number of amides is 1. The van der Waals surface area contributed by atoms with Crippen molar-refractivity contribution < 1.29 is 4.79 Å². The summed E-state index contributed by atoms with van der Waals surface area (Å²) in [4.78, 5) is 11.6. The molecule has 1 unspecified atom stereocenters. The summed E-state index contributed by atoms with van der Waals surface area (Å²) >= 11 is 0. The molecular formula is C15H30N2O. The van der Waals surface area contributed by atoms with Crippen LogP contribution in [0.25, 0.3) is 0 Å². The van der Waals surface area contributed by atoms with E-state index in [0.717, 1.165) is 18.9 Å². The zero-order valence-corrected chi connectivity index (χ0v) is 12.3. The lowest BCUT2D eigenvalue weighted by molar-refractivity contribution is -0.120. The van der Waals surface area contributed by atoms with Gasteiger partial charge >= 0.3 is 0 Å². The van der Waals surface area contributed by atoms with Crippen molar-refractivity contribution >= 4 is 5.91 Å². The van der Waals surface area contributed by atoms with Gasteiger partial charge in [-0.15, -0.1) is 0 Å². The Labute approximate surface area is 112 Å². The molecule has 1 atom stereocenters. The van der Waals surface area contributed by atoms with Gasteiger partial charge in [0.2, 0.25) is 5.91 Å². The van der Waals surface area contributed by atoms with Gasteiger partial charge < -0.3 is 10.6 Å². The van der Waals surface area contributed by atoms with Crippen molar-refractivity contribution in [3.8, 4) is 0 Å². The van der Waals surface area contributed by atoms with E-state index in [2.05, 4.69) is 31.4 Å². The van der Waals surface area contributed by atoms with E-state index in [1.165, 1.54) is 32.1 Å². The van der Waals surface area contributed by atoms with Gasteiger partial charge in [0.25, 0.3) is 0 Å². The topological polar surface area (TPSA) is 41.1 Å². The minimum Gasteiger partial charge on any atom is -0.355 e. The second-order valence-electron chi connectivity index (χ2n) is 6.10. The number of nitrogens with one attached hydrogen (secondary N) is 2. The molecule has 1 aliphatic rings. The molecule has 1 fully saturated rings. The Morgan fingerprint density at radius 3 is 2.44 bits per heavy atom. The van der Waals surface area contributed by atoms with E-state index in [-0.39, 0.29) is 5.91 Å². The molecule has 0 saturated heterocycles. The molecule has 106 valence electrons. The standard InChI is InChI=1S/C15H30N2O/c1-12(2)9-10-16-15(18)11-17-13(3)14-7-5-4-6-8-14/h12-14,17H,4-11H2,1-3H3,(H,16,18). The fourth-order valence-corrected chi connectivity index (χ4v) is 2.62. The second-order valence-corrected chi connectivity index (χ2v) is 6.10. The van der Waals surface area contributed by atoms with E-state index in [4.69, 9.17) is 0 Å². The van der Waals surface area contributed by atoms with E-state index in [1.54, 1.807) is 0 Å². The molecule has 0 aromatic heterocycles. The van der Waals surface area contributed by atoms with Crippen molar-refractivity contribution in [2.24, 2.45) is 11.8 Å². The van der Waals surface area contributed by atoms with Gasteiger partial charge in [0.1, 0.15) is 0 Å². The van der Waals surface area contributed by atoms with E-state index < -0.39 is 0 Å². The van der Waals surface area contributed by atoms with Crippen LogP contribution in [0.3, 0.4) is 0 Å². The SMILES string of the molecule is CC(C)CCNC(=O)CNC(C)C1CCCCC1. The van der Waals surface area contributed by atoms with Gasteiger partial charge in [0, 0.05) is 12.6 Å². The van der Waals surface area contributed by atoms with Gasteiger partial charge in [0.05, 0.1) is 6.54 Å². The summed E-state index contributed by atoms with van der Waals surface area (Å²) in [7, 11) is 0. The number of rotatable bonds is 7. The van der Waals surface area contributed by atoms with Gasteiger partial charge in [0.15, 0.2) is 0 Å². The monoisotopic (exact) mass is 254 g/mol. The Morgan fingerprint density at radius 1 is 1.17 bits per heavy atom. The van der Waals surface area contributed by atoms with Crippen LogP contribution < -0.4 is 10.6 Å². The highest BCUT2D eigenvalue weighted by Crippen LogP contribution is 2.26. The highest BCUT2D eigenvalue weighted by molar-refractivity contribution is 5.77. The van der Waals surface area contributed by atoms with Crippen LogP contribution in [0, 0.1) is 11.8 Å². The van der Waals surface area contributed by atoms with Crippen molar-refractivity contribution in [1.29, 1.82) is 0 Å². The Bertz CT molecular complexity index is 235. The van der Waals surface area contributed by atoms with Crippen LogP contribution in [-0.2, 0) is 4.79 Å². The molecule has 0 aromatic rings. The van der Waals surface area contributed by atoms with Crippen molar-refractivity contribution in [2.75, 3.05) is 13.1 Å². The summed E-state index contributed by atoms with van der Waals surface area (Å²) in [6, 6.07) is 0.473. The van der Waals surface area contributed by atoms with Gasteiger partial charge in [-0.3, -0.25) is 4.79 Å². The minimum absolute atomic E-state index is 0.137. The average molecular weight is 254 g/mol. The molecular weight excluding hydrogens is 224 g/mol. The smallest absolute Gasteiger partial charge is 0.233 e. The summed E-state index contributed by atoms with van der Waals surface area (Å²) in [5.41, 5.74) is 0. The molecule has 0 aromatic carbocycles. The lowest BCUT2D eigenvalue weighted by atomic mass is 9.84. The van der Waals surface area contributed by atoms with E-state index in [1.807, 2.05) is 0 Å². The molecule has 0 heterocycles. The minimum atomic E-state index is 0.137. The lowest BCUT2D eigenvalue weighted by Gasteiger charge is -2.28. The number of hydrogen-bond acceptors (Lipinski definition) is 2. The molecule has 0 spiro atoms. The zero-order chi connectivity index (χ0) is 13.4. The van der Waals surface area contributed by atoms with Crippen molar-refractivity contribution in [3.05, 3.63) is 0 Å². The first-order valence-corrected chi connectivity index (χ1v) is 7.59. The average Bonchev–Trinajstić information content (AvgIpc) is 2.36. The third-order valence-corrected chi connectivity index (χ3v) is 3.99. The van der Waals surface area contributed by atoms with Crippen LogP contribution >= 0.6 is 0 Å². The Balaban J connectivity index is 2.09. The largest absolute Gasteiger partial charge is 0.355 e. The maximum atomic E-state index is 11.6. The first-order chi connectivity index (χ1) is 8.59. The maximum absolute atomic E-state index is 11.6. The Kier molecular flexibility index (Phi) is 7.33. The van der Waals surface area contributed by atoms with E-state index in [9.17, 15) is 4.79 Å².